The number of hydrogen-bond donors (Lipinski definition) is 0. The predicted molar refractivity (Wildman–Crippen MR) is 109 cm³/mol. The summed E-state index contributed by atoms with van der Waals surface area (Å²) in [5.41, 5.74) is 1.84. The topological polar surface area (TPSA) is 34.1 Å². The Morgan fingerprint density at radius 1 is 1.15 bits per heavy atom. The van der Waals surface area contributed by atoms with Crippen LogP contribution >= 0.6 is 0 Å². The number of fused-ring (bicyclic) bond motifs is 5. The first-order valence-electron chi connectivity index (χ1n) is 11.3. The van der Waals surface area contributed by atoms with E-state index in [-0.39, 0.29) is 16.7 Å². The summed E-state index contributed by atoms with van der Waals surface area (Å²) >= 11 is 0. The fourth-order valence-electron chi connectivity index (χ4n) is 8.50. The van der Waals surface area contributed by atoms with Crippen LogP contribution in [0, 0.1) is 52.3 Å². The van der Waals surface area contributed by atoms with Gasteiger partial charge < -0.3 is 0 Å². The van der Waals surface area contributed by atoms with Crippen LogP contribution in [0.4, 0.5) is 0 Å². The Labute approximate surface area is 165 Å². The van der Waals surface area contributed by atoms with E-state index in [2.05, 4.69) is 34.6 Å². The second-order valence-corrected chi connectivity index (χ2v) is 11.3. The van der Waals surface area contributed by atoms with Crippen molar-refractivity contribution in [3.8, 4) is 0 Å². The van der Waals surface area contributed by atoms with Crippen LogP contribution in [0.15, 0.2) is 11.6 Å². The molecule has 0 aromatic rings. The lowest BCUT2D eigenvalue weighted by atomic mass is 9.45. The van der Waals surface area contributed by atoms with E-state index < -0.39 is 0 Å². The molecule has 0 N–H and O–H groups in total. The van der Waals surface area contributed by atoms with Crippen LogP contribution in [-0.4, -0.2) is 11.6 Å². The molecule has 0 aliphatic heterocycles. The third kappa shape index (κ3) is 2.64. The lowest BCUT2D eigenvalue weighted by Gasteiger charge is -2.59. The lowest BCUT2D eigenvalue weighted by molar-refractivity contribution is -0.131. The molecule has 150 valence electrons. The Bertz CT molecular complexity index is 688. The van der Waals surface area contributed by atoms with Crippen molar-refractivity contribution in [2.75, 3.05) is 0 Å². The third-order valence-corrected chi connectivity index (χ3v) is 9.68. The van der Waals surface area contributed by atoms with Gasteiger partial charge in [0, 0.05) is 12.3 Å². The molecular formula is C25H38O2. The Hall–Kier alpha value is -0.920. The minimum atomic E-state index is 0.184. The van der Waals surface area contributed by atoms with Crippen molar-refractivity contribution in [3.05, 3.63) is 11.6 Å². The zero-order chi connectivity index (χ0) is 19.7. The van der Waals surface area contributed by atoms with Gasteiger partial charge in [0.25, 0.3) is 0 Å². The number of allylic oxidation sites excluding steroid dienone is 1. The summed E-state index contributed by atoms with van der Waals surface area (Å²) < 4.78 is 0. The van der Waals surface area contributed by atoms with E-state index in [1.54, 1.807) is 0 Å². The molecule has 0 amide bonds. The van der Waals surface area contributed by atoms with Crippen molar-refractivity contribution in [1.29, 1.82) is 0 Å². The highest BCUT2D eigenvalue weighted by Gasteiger charge is 2.63. The number of carbonyl (C=O) groups excluding carboxylic acids is 2. The molecule has 8 unspecified atom stereocenters. The molecule has 3 fully saturated rings. The normalized spacial score (nSPS) is 49.3. The SMILES string of the molecule is CC(=O)C1C(C(C)C)CC2C3CC(C)C4=CC(=O)CCC4(C)C3CCC21C. The van der Waals surface area contributed by atoms with E-state index in [1.807, 2.05) is 13.0 Å². The molecule has 4 aliphatic carbocycles. The number of Topliss-reactive ketones (excluding diaryl/α,β-unsaturated/α-hetero) is 1. The van der Waals surface area contributed by atoms with Crippen LogP contribution in [0.1, 0.15) is 80.1 Å². The summed E-state index contributed by atoms with van der Waals surface area (Å²) in [5, 5.41) is 0. The molecule has 3 saturated carbocycles. The van der Waals surface area contributed by atoms with E-state index in [9.17, 15) is 9.59 Å². The predicted octanol–water partition coefficient (Wildman–Crippen LogP) is 5.85. The van der Waals surface area contributed by atoms with Crippen molar-refractivity contribution in [2.45, 2.75) is 80.1 Å². The third-order valence-electron chi connectivity index (χ3n) is 9.68. The molecule has 0 aromatic heterocycles. The number of carbonyl (C=O) groups is 2. The molecule has 0 spiro atoms. The van der Waals surface area contributed by atoms with Crippen molar-refractivity contribution in [3.63, 3.8) is 0 Å². The minimum Gasteiger partial charge on any atom is -0.300 e. The van der Waals surface area contributed by atoms with Crippen LogP contribution in [0.5, 0.6) is 0 Å². The first-order valence-corrected chi connectivity index (χ1v) is 11.3. The first kappa shape index (κ1) is 19.4. The summed E-state index contributed by atoms with van der Waals surface area (Å²) in [6, 6.07) is 0. The van der Waals surface area contributed by atoms with Gasteiger partial charge >= 0.3 is 0 Å². The van der Waals surface area contributed by atoms with Gasteiger partial charge in [-0.3, -0.25) is 9.59 Å². The smallest absolute Gasteiger partial charge is 0.155 e. The minimum absolute atomic E-state index is 0.184. The van der Waals surface area contributed by atoms with Crippen molar-refractivity contribution in [1.82, 2.24) is 0 Å². The van der Waals surface area contributed by atoms with E-state index in [4.69, 9.17) is 0 Å². The van der Waals surface area contributed by atoms with Crippen molar-refractivity contribution in [2.24, 2.45) is 52.3 Å². The molecule has 8 atom stereocenters. The molecule has 0 radical (unpaired) electrons. The van der Waals surface area contributed by atoms with Gasteiger partial charge in [-0.15, -0.1) is 0 Å². The largest absolute Gasteiger partial charge is 0.300 e. The van der Waals surface area contributed by atoms with Gasteiger partial charge in [-0.25, -0.2) is 0 Å². The maximum atomic E-state index is 12.7. The van der Waals surface area contributed by atoms with Crippen LogP contribution in [0.3, 0.4) is 0 Å². The van der Waals surface area contributed by atoms with Gasteiger partial charge in [0.1, 0.15) is 5.78 Å². The first-order chi connectivity index (χ1) is 12.6. The highest BCUT2D eigenvalue weighted by molar-refractivity contribution is 5.91. The van der Waals surface area contributed by atoms with E-state index in [1.165, 1.54) is 31.3 Å². The maximum absolute atomic E-state index is 12.7. The second-order valence-electron chi connectivity index (χ2n) is 11.3. The Morgan fingerprint density at radius 2 is 1.85 bits per heavy atom. The molecule has 27 heavy (non-hydrogen) atoms. The summed E-state index contributed by atoms with van der Waals surface area (Å²) in [6.07, 6.45) is 8.66. The maximum Gasteiger partial charge on any atom is 0.155 e. The quantitative estimate of drug-likeness (QED) is 0.611. The van der Waals surface area contributed by atoms with E-state index in [0.29, 0.717) is 41.2 Å². The average Bonchev–Trinajstić information content (AvgIpc) is 2.90. The number of hydrogen-bond acceptors (Lipinski definition) is 2. The van der Waals surface area contributed by atoms with E-state index >= 15 is 0 Å². The van der Waals surface area contributed by atoms with Gasteiger partial charge in [-0.1, -0.05) is 40.2 Å². The lowest BCUT2D eigenvalue weighted by Crippen LogP contribution is -2.52. The molecule has 4 aliphatic rings. The Morgan fingerprint density at radius 3 is 2.48 bits per heavy atom. The van der Waals surface area contributed by atoms with Crippen molar-refractivity contribution >= 4 is 11.6 Å². The van der Waals surface area contributed by atoms with Crippen LogP contribution in [-0.2, 0) is 9.59 Å². The standard InChI is InChI=1S/C25H38O2/c1-14(2)18-13-22-19-11-15(3)21-12-17(27)7-9-24(21,5)20(19)8-10-25(22,6)23(18)16(4)26/h12,14-15,18-20,22-23H,7-11,13H2,1-6H3. The highest BCUT2D eigenvalue weighted by atomic mass is 16.1. The van der Waals surface area contributed by atoms with Crippen LogP contribution in [0.2, 0.25) is 0 Å². The monoisotopic (exact) mass is 370 g/mol. The Kier molecular flexibility index (Phi) is 4.52. The molecule has 0 heterocycles. The zero-order valence-electron chi connectivity index (χ0n) is 18.2. The van der Waals surface area contributed by atoms with Gasteiger partial charge in [0.15, 0.2) is 5.78 Å². The van der Waals surface area contributed by atoms with Crippen LogP contribution < -0.4 is 0 Å². The fraction of sp³-hybridized carbons (Fsp3) is 0.840. The molecule has 2 heteroatoms. The van der Waals surface area contributed by atoms with E-state index in [0.717, 1.165) is 18.8 Å². The average molecular weight is 371 g/mol. The van der Waals surface area contributed by atoms with Gasteiger partial charge in [0.05, 0.1) is 0 Å². The molecule has 0 bridgehead atoms. The molecular weight excluding hydrogens is 332 g/mol. The number of ketones is 2. The van der Waals surface area contributed by atoms with Crippen molar-refractivity contribution < 1.29 is 9.59 Å². The zero-order valence-corrected chi connectivity index (χ0v) is 18.2. The van der Waals surface area contributed by atoms with Gasteiger partial charge in [0.2, 0.25) is 0 Å². The van der Waals surface area contributed by atoms with Crippen LogP contribution in [0.25, 0.3) is 0 Å². The van der Waals surface area contributed by atoms with Gasteiger partial charge in [-0.05, 0) is 91.4 Å². The molecule has 0 aromatic carbocycles. The summed E-state index contributed by atoms with van der Waals surface area (Å²) in [7, 11) is 0. The summed E-state index contributed by atoms with van der Waals surface area (Å²) in [6.45, 7) is 13.7. The van der Waals surface area contributed by atoms with Gasteiger partial charge in [-0.2, -0.15) is 0 Å². The molecule has 2 nitrogen and oxygen atoms in total. The summed E-state index contributed by atoms with van der Waals surface area (Å²) in [4.78, 5) is 24.8. The Balaban J connectivity index is 1.73. The molecule has 0 saturated heterocycles. The number of rotatable bonds is 2. The molecule has 4 rings (SSSR count). The second kappa shape index (κ2) is 6.29. The highest BCUT2D eigenvalue weighted by Crippen LogP contribution is 2.69. The fourth-order valence-corrected chi connectivity index (χ4v) is 8.50. The summed E-state index contributed by atoms with van der Waals surface area (Å²) in [5.74, 6) is 4.75.